The van der Waals surface area contributed by atoms with Crippen LogP contribution in [0.3, 0.4) is 0 Å². The Morgan fingerprint density at radius 2 is 2.07 bits per heavy atom. The maximum absolute atomic E-state index is 12.7. The minimum atomic E-state index is -4.42. The zero-order valence-corrected chi connectivity index (χ0v) is 16.2. The molecular formula is C20H22F3N5O2. The van der Waals surface area contributed by atoms with Crippen molar-refractivity contribution in [1.29, 1.82) is 0 Å². The molecule has 30 heavy (non-hydrogen) atoms. The van der Waals surface area contributed by atoms with Crippen LogP contribution in [-0.2, 0) is 17.4 Å². The van der Waals surface area contributed by atoms with E-state index in [4.69, 9.17) is 0 Å². The van der Waals surface area contributed by atoms with E-state index in [0.717, 1.165) is 24.4 Å². The van der Waals surface area contributed by atoms with Gasteiger partial charge >= 0.3 is 12.1 Å². The Morgan fingerprint density at radius 3 is 2.63 bits per heavy atom. The van der Waals surface area contributed by atoms with Crippen molar-refractivity contribution in [3.8, 4) is 5.69 Å². The summed E-state index contributed by atoms with van der Waals surface area (Å²) in [7, 11) is 0. The first-order valence-electron chi connectivity index (χ1n) is 9.37. The lowest BCUT2D eigenvalue weighted by molar-refractivity contribution is -0.145. The Bertz CT molecular complexity index is 937. The van der Waals surface area contributed by atoms with E-state index in [2.05, 4.69) is 20.7 Å². The molecule has 0 saturated heterocycles. The van der Waals surface area contributed by atoms with Crippen molar-refractivity contribution >= 4 is 12.2 Å². The number of aromatic nitrogens is 2. The molecule has 0 saturated carbocycles. The van der Waals surface area contributed by atoms with Crippen LogP contribution < -0.4 is 10.6 Å². The van der Waals surface area contributed by atoms with Gasteiger partial charge in [-0.3, -0.25) is 5.32 Å². The number of carboxylic acids is 1. The first-order chi connectivity index (χ1) is 14.2. The lowest BCUT2D eigenvalue weighted by atomic mass is 9.98. The molecule has 2 aromatic rings. The molecule has 1 aliphatic heterocycles. The third-order valence-corrected chi connectivity index (χ3v) is 4.77. The fraction of sp³-hybridized carbons (Fsp3) is 0.350. The van der Waals surface area contributed by atoms with Crippen molar-refractivity contribution in [3.05, 3.63) is 60.1 Å². The van der Waals surface area contributed by atoms with E-state index in [0.29, 0.717) is 18.7 Å². The van der Waals surface area contributed by atoms with E-state index >= 15 is 0 Å². The summed E-state index contributed by atoms with van der Waals surface area (Å²) in [5.41, 5.74) is 0.777. The molecule has 0 bridgehead atoms. The van der Waals surface area contributed by atoms with Crippen molar-refractivity contribution in [3.63, 3.8) is 0 Å². The van der Waals surface area contributed by atoms with Gasteiger partial charge in [-0.15, -0.1) is 0 Å². The molecule has 3 N–H and O–H groups in total. The van der Waals surface area contributed by atoms with Gasteiger partial charge in [-0.2, -0.15) is 18.3 Å². The fourth-order valence-electron chi connectivity index (χ4n) is 3.09. The number of carboxylic acid groups (broad SMARTS) is 1. The normalized spacial score (nSPS) is 19.5. The largest absolute Gasteiger partial charge is 0.477 e. The van der Waals surface area contributed by atoms with Crippen LogP contribution in [0.1, 0.15) is 24.5 Å². The Labute approximate surface area is 171 Å². The van der Waals surface area contributed by atoms with Crippen LogP contribution in [-0.4, -0.2) is 39.4 Å². The molecule has 0 spiro atoms. The summed E-state index contributed by atoms with van der Waals surface area (Å²) in [5, 5.41) is 18.8. The third-order valence-electron chi connectivity index (χ3n) is 4.77. The van der Waals surface area contributed by atoms with Gasteiger partial charge < -0.3 is 10.4 Å². The second kappa shape index (κ2) is 8.70. The molecule has 10 heteroatoms. The summed E-state index contributed by atoms with van der Waals surface area (Å²) in [6, 6.07) is 7.15. The number of aliphatic imine (C=N–C) groups is 1. The molecule has 0 radical (unpaired) electrons. The zero-order valence-electron chi connectivity index (χ0n) is 16.2. The van der Waals surface area contributed by atoms with Gasteiger partial charge in [0.05, 0.1) is 17.4 Å². The highest BCUT2D eigenvalue weighted by molar-refractivity contribution is 5.84. The minimum Gasteiger partial charge on any atom is -0.477 e. The van der Waals surface area contributed by atoms with E-state index in [9.17, 15) is 23.1 Å². The first-order valence-corrected chi connectivity index (χ1v) is 9.37. The molecule has 160 valence electrons. The summed E-state index contributed by atoms with van der Waals surface area (Å²) in [6.07, 6.45) is 3.36. The number of aliphatic carboxylic acids is 1. The highest BCUT2D eigenvalue weighted by Gasteiger charge is 2.37. The quantitative estimate of drug-likeness (QED) is 0.610. The Kier molecular flexibility index (Phi) is 6.25. The zero-order chi connectivity index (χ0) is 21.8. The number of nitrogens with zero attached hydrogens (tertiary/aromatic N) is 3. The smallest absolute Gasteiger partial charge is 0.419 e. The monoisotopic (exact) mass is 421 g/mol. The summed E-state index contributed by atoms with van der Waals surface area (Å²) in [5.74, 6) is -2.41. The highest BCUT2D eigenvalue weighted by atomic mass is 19.4. The maximum atomic E-state index is 12.7. The van der Waals surface area contributed by atoms with Gasteiger partial charge in [-0.05, 0) is 49.1 Å². The minimum absolute atomic E-state index is 0.249. The number of alkyl halides is 3. The van der Waals surface area contributed by atoms with E-state index < -0.39 is 23.5 Å². The average molecular weight is 421 g/mol. The first kappa shape index (κ1) is 21.6. The van der Waals surface area contributed by atoms with Gasteiger partial charge in [-0.1, -0.05) is 19.1 Å². The van der Waals surface area contributed by atoms with Gasteiger partial charge in [0.1, 0.15) is 0 Å². The Morgan fingerprint density at radius 1 is 1.33 bits per heavy atom. The number of carbonyl (C=O) groups is 1. The fourth-order valence-corrected chi connectivity index (χ4v) is 3.09. The van der Waals surface area contributed by atoms with Crippen LogP contribution in [0.25, 0.3) is 5.69 Å². The summed E-state index contributed by atoms with van der Waals surface area (Å²) >= 11 is 0. The molecule has 2 atom stereocenters. The lowest BCUT2D eigenvalue weighted by Gasteiger charge is -2.28. The summed E-state index contributed by atoms with van der Waals surface area (Å²) in [4.78, 5) is 15.5. The summed E-state index contributed by atoms with van der Waals surface area (Å²) in [6.45, 7) is 2.49. The number of hydrogen-bond donors (Lipinski definition) is 3. The maximum Gasteiger partial charge on any atom is 0.419 e. The molecule has 3 rings (SSSR count). The Hall–Kier alpha value is -3.14. The number of halogens is 3. The second-order valence-electron chi connectivity index (χ2n) is 7.16. The molecule has 2 heterocycles. The Balaban J connectivity index is 1.53. The van der Waals surface area contributed by atoms with E-state index in [1.807, 2.05) is 19.1 Å². The van der Waals surface area contributed by atoms with Gasteiger partial charge in [0, 0.05) is 18.6 Å². The van der Waals surface area contributed by atoms with Crippen molar-refractivity contribution in [1.82, 2.24) is 20.4 Å². The molecular weight excluding hydrogens is 399 g/mol. The predicted molar refractivity (Wildman–Crippen MR) is 105 cm³/mol. The molecule has 1 aromatic heterocycles. The van der Waals surface area contributed by atoms with Crippen LogP contribution in [0.5, 0.6) is 0 Å². The molecule has 1 aromatic carbocycles. The number of hydrogen-bond acceptors (Lipinski definition) is 5. The van der Waals surface area contributed by atoms with E-state index in [1.165, 1.54) is 17.1 Å². The molecule has 2 unspecified atom stereocenters. The van der Waals surface area contributed by atoms with Crippen LogP contribution in [0.2, 0.25) is 0 Å². The number of rotatable bonds is 8. The topological polar surface area (TPSA) is 91.5 Å². The van der Waals surface area contributed by atoms with Crippen LogP contribution in [0.4, 0.5) is 13.2 Å². The standard InChI is InChI=1S/C20H22F3N5O2/c1-14(7-10-26-20(18(29)30)24-8-2-9-25-20)11-15-3-5-17(6-4-15)28-13-16(12-27-28)19(21,22)23/h2-6,8-9,12-14,24,26H,7,10-11H2,1H3,(H,29,30). The van der Waals surface area contributed by atoms with Gasteiger partial charge in [0.15, 0.2) is 0 Å². The molecule has 0 aliphatic carbocycles. The van der Waals surface area contributed by atoms with Crippen molar-refractivity contribution < 1.29 is 23.1 Å². The summed E-state index contributed by atoms with van der Waals surface area (Å²) < 4.78 is 39.3. The van der Waals surface area contributed by atoms with Gasteiger partial charge in [0.25, 0.3) is 5.79 Å². The molecule has 0 amide bonds. The van der Waals surface area contributed by atoms with Crippen molar-refractivity contribution in [2.75, 3.05) is 6.54 Å². The van der Waals surface area contributed by atoms with E-state index in [-0.39, 0.29) is 5.92 Å². The SMILES string of the molecule is CC(CCNC1(C(=O)O)N=CC=CN1)Cc1ccc(-n2cc(C(F)(F)F)cn2)cc1. The van der Waals surface area contributed by atoms with Crippen LogP contribution in [0, 0.1) is 5.92 Å². The highest BCUT2D eigenvalue weighted by Crippen LogP contribution is 2.29. The molecule has 7 nitrogen and oxygen atoms in total. The van der Waals surface area contributed by atoms with Gasteiger partial charge in [0.2, 0.25) is 0 Å². The van der Waals surface area contributed by atoms with Crippen LogP contribution in [0.15, 0.2) is 53.9 Å². The predicted octanol–water partition coefficient (Wildman–Crippen LogP) is 2.98. The number of allylic oxidation sites excluding steroid dienone is 1. The van der Waals surface area contributed by atoms with E-state index in [1.54, 1.807) is 18.2 Å². The lowest BCUT2D eigenvalue weighted by Crippen LogP contribution is -2.60. The molecule has 1 aliphatic rings. The number of nitrogens with one attached hydrogen (secondary N) is 2. The van der Waals surface area contributed by atoms with Crippen molar-refractivity contribution in [2.45, 2.75) is 31.7 Å². The van der Waals surface area contributed by atoms with Gasteiger partial charge in [-0.25, -0.2) is 14.5 Å². The van der Waals surface area contributed by atoms with Crippen molar-refractivity contribution in [2.24, 2.45) is 10.9 Å². The average Bonchev–Trinajstić information content (AvgIpc) is 3.20. The molecule has 0 fully saturated rings. The van der Waals surface area contributed by atoms with Crippen LogP contribution >= 0.6 is 0 Å². The second-order valence-corrected chi connectivity index (χ2v) is 7.16. The third kappa shape index (κ3) is 5.07. The number of benzene rings is 1.